The van der Waals surface area contributed by atoms with E-state index >= 15 is 0 Å². The fraction of sp³-hybridized carbons (Fsp3) is 0.667. The quantitative estimate of drug-likeness (QED) is 0.821. The van der Waals surface area contributed by atoms with Gasteiger partial charge in [-0.2, -0.15) is 5.10 Å². The molecule has 94 valence electrons. The van der Waals surface area contributed by atoms with Gasteiger partial charge in [-0.25, -0.2) is 0 Å². The fourth-order valence-electron chi connectivity index (χ4n) is 2.32. The first-order chi connectivity index (χ1) is 8.20. The first-order valence-electron chi connectivity index (χ1n) is 6.13. The van der Waals surface area contributed by atoms with E-state index in [0.717, 1.165) is 17.3 Å². The Morgan fingerprint density at radius 2 is 2.29 bits per heavy atom. The van der Waals surface area contributed by atoms with Crippen molar-refractivity contribution < 1.29 is 9.90 Å². The Balaban J connectivity index is 2.10. The molecule has 0 amide bonds. The van der Waals surface area contributed by atoms with Crippen LogP contribution in [0, 0.1) is 0 Å². The molecular formula is C12H18N2O2S. The first-order valence-corrected chi connectivity index (χ1v) is 7.11. The van der Waals surface area contributed by atoms with Crippen molar-refractivity contribution in [1.82, 2.24) is 9.78 Å². The van der Waals surface area contributed by atoms with Crippen LogP contribution in [-0.2, 0) is 11.3 Å². The smallest absolute Gasteiger partial charge is 0.313 e. The maximum atomic E-state index is 10.6. The van der Waals surface area contributed by atoms with E-state index in [1.54, 1.807) is 0 Å². The molecule has 0 aromatic carbocycles. The largest absolute Gasteiger partial charge is 0.481 e. The van der Waals surface area contributed by atoms with Crippen molar-refractivity contribution in [2.45, 2.75) is 50.1 Å². The molecule has 17 heavy (non-hydrogen) atoms. The molecule has 4 nitrogen and oxygen atoms in total. The highest BCUT2D eigenvalue weighted by molar-refractivity contribution is 7.99. The maximum absolute atomic E-state index is 10.6. The van der Waals surface area contributed by atoms with E-state index in [1.165, 1.54) is 37.4 Å². The summed E-state index contributed by atoms with van der Waals surface area (Å²) >= 11 is 1.36. The highest BCUT2D eigenvalue weighted by Gasteiger charge is 2.21. The Kier molecular flexibility index (Phi) is 4.10. The zero-order valence-corrected chi connectivity index (χ0v) is 10.9. The topological polar surface area (TPSA) is 55.1 Å². The minimum absolute atomic E-state index is 0.107. The van der Waals surface area contributed by atoms with Crippen LogP contribution in [0.5, 0.6) is 0 Å². The molecule has 1 aromatic heterocycles. The fourth-order valence-corrected chi connectivity index (χ4v) is 3.11. The zero-order valence-electron chi connectivity index (χ0n) is 10.1. The lowest BCUT2D eigenvalue weighted by molar-refractivity contribution is -0.133. The molecule has 0 aliphatic heterocycles. The van der Waals surface area contributed by atoms with Gasteiger partial charge in [-0.05, 0) is 25.8 Å². The molecule has 2 rings (SSSR count). The third kappa shape index (κ3) is 3.03. The Morgan fingerprint density at radius 3 is 2.88 bits per heavy atom. The lowest BCUT2D eigenvalue weighted by atomic mass is 10.1. The summed E-state index contributed by atoms with van der Waals surface area (Å²) in [5.41, 5.74) is 1.15. The lowest BCUT2D eigenvalue weighted by Gasteiger charge is -2.03. The van der Waals surface area contributed by atoms with E-state index in [4.69, 9.17) is 5.11 Å². The van der Waals surface area contributed by atoms with Crippen molar-refractivity contribution in [3.63, 3.8) is 0 Å². The van der Waals surface area contributed by atoms with Crippen LogP contribution >= 0.6 is 11.8 Å². The maximum Gasteiger partial charge on any atom is 0.313 e. The molecule has 1 saturated carbocycles. The monoisotopic (exact) mass is 254 g/mol. The highest BCUT2D eigenvalue weighted by Crippen LogP contribution is 2.35. The number of carbonyl (C=O) groups is 1. The first kappa shape index (κ1) is 12.5. The lowest BCUT2D eigenvalue weighted by Crippen LogP contribution is -2.03. The number of hydrogen-bond donors (Lipinski definition) is 1. The number of aryl methyl sites for hydroxylation is 1. The highest BCUT2D eigenvalue weighted by atomic mass is 32.2. The van der Waals surface area contributed by atoms with Gasteiger partial charge in [-0.15, -0.1) is 0 Å². The molecule has 0 spiro atoms. The van der Waals surface area contributed by atoms with Crippen molar-refractivity contribution in [2.24, 2.45) is 0 Å². The van der Waals surface area contributed by atoms with Gasteiger partial charge in [-0.3, -0.25) is 9.48 Å². The third-order valence-corrected chi connectivity index (χ3v) is 4.19. The number of aromatic nitrogens is 2. The van der Waals surface area contributed by atoms with E-state index in [1.807, 2.05) is 11.6 Å². The SMILES string of the molecule is CCn1nc(C2CCCC2)cc1SCC(=O)O. The molecule has 0 saturated heterocycles. The van der Waals surface area contributed by atoms with Gasteiger partial charge in [0.1, 0.15) is 0 Å². The second-order valence-electron chi connectivity index (χ2n) is 4.39. The standard InChI is InChI=1S/C12H18N2O2S/c1-2-14-11(17-8-12(15)16)7-10(13-14)9-5-3-4-6-9/h7,9H,2-6,8H2,1H3,(H,15,16). The Bertz CT molecular complexity index is 397. The molecule has 0 unspecified atom stereocenters. The number of nitrogens with zero attached hydrogens (tertiary/aromatic N) is 2. The van der Waals surface area contributed by atoms with Crippen molar-refractivity contribution in [2.75, 3.05) is 5.75 Å². The number of carboxylic acid groups (broad SMARTS) is 1. The van der Waals surface area contributed by atoms with Crippen LogP contribution in [-0.4, -0.2) is 26.6 Å². The predicted octanol–water partition coefficient (Wildman–Crippen LogP) is 2.74. The molecule has 1 heterocycles. The normalized spacial score (nSPS) is 16.5. The predicted molar refractivity (Wildman–Crippen MR) is 67.5 cm³/mol. The average Bonchev–Trinajstić information content (AvgIpc) is 2.94. The van der Waals surface area contributed by atoms with Gasteiger partial charge in [0.2, 0.25) is 0 Å². The molecule has 0 radical (unpaired) electrons. The van der Waals surface area contributed by atoms with E-state index in [9.17, 15) is 4.79 Å². The average molecular weight is 254 g/mol. The van der Waals surface area contributed by atoms with Gasteiger partial charge in [0, 0.05) is 12.5 Å². The van der Waals surface area contributed by atoms with Crippen molar-refractivity contribution in [3.05, 3.63) is 11.8 Å². The Morgan fingerprint density at radius 1 is 1.59 bits per heavy atom. The minimum atomic E-state index is -0.777. The number of aliphatic carboxylic acids is 1. The second-order valence-corrected chi connectivity index (χ2v) is 5.38. The van der Waals surface area contributed by atoms with Crippen LogP contribution in [0.1, 0.15) is 44.2 Å². The zero-order chi connectivity index (χ0) is 12.3. The van der Waals surface area contributed by atoms with Crippen LogP contribution in [0.2, 0.25) is 0 Å². The molecule has 1 aliphatic carbocycles. The van der Waals surface area contributed by atoms with E-state index < -0.39 is 5.97 Å². The van der Waals surface area contributed by atoms with Crippen molar-refractivity contribution in [1.29, 1.82) is 0 Å². The number of carboxylic acids is 1. The summed E-state index contributed by atoms with van der Waals surface area (Å²) in [7, 11) is 0. The summed E-state index contributed by atoms with van der Waals surface area (Å²) in [6, 6.07) is 2.08. The van der Waals surface area contributed by atoms with Crippen LogP contribution < -0.4 is 0 Å². The molecule has 5 heteroatoms. The number of hydrogen-bond acceptors (Lipinski definition) is 3. The molecule has 1 aliphatic rings. The molecule has 0 atom stereocenters. The van der Waals surface area contributed by atoms with Crippen LogP contribution in [0.15, 0.2) is 11.1 Å². The van der Waals surface area contributed by atoms with E-state index in [0.29, 0.717) is 5.92 Å². The van der Waals surface area contributed by atoms with Crippen LogP contribution in [0.4, 0.5) is 0 Å². The molecule has 1 N–H and O–H groups in total. The minimum Gasteiger partial charge on any atom is -0.481 e. The van der Waals surface area contributed by atoms with Crippen LogP contribution in [0.25, 0.3) is 0 Å². The Labute approximate surface area is 105 Å². The van der Waals surface area contributed by atoms with Gasteiger partial charge in [-0.1, -0.05) is 24.6 Å². The molecule has 1 aromatic rings. The van der Waals surface area contributed by atoms with Crippen molar-refractivity contribution >= 4 is 17.7 Å². The molecule has 0 bridgehead atoms. The molecule has 1 fully saturated rings. The third-order valence-electron chi connectivity index (χ3n) is 3.18. The van der Waals surface area contributed by atoms with Crippen LogP contribution in [0.3, 0.4) is 0 Å². The van der Waals surface area contributed by atoms with Gasteiger partial charge < -0.3 is 5.11 Å². The number of rotatable bonds is 5. The second kappa shape index (κ2) is 5.58. The van der Waals surface area contributed by atoms with E-state index in [2.05, 4.69) is 11.2 Å². The van der Waals surface area contributed by atoms with Gasteiger partial charge >= 0.3 is 5.97 Å². The van der Waals surface area contributed by atoms with Gasteiger partial charge in [0.15, 0.2) is 0 Å². The Hall–Kier alpha value is -0.970. The summed E-state index contributed by atoms with van der Waals surface area (Å²) < 4.78 is 1.92. The summed E-state index contributed by atoms with van der Waals surface area (Å²) in [5, 5.41) is 14.3. The summed E-state index contributed by atoms with van der Waals surface area (Å²) in [4.78, 5) is 10.6. The summed E-state index contributed by atoms with van der Waals surface area (Å²) in [5.74, 6) is -0.0799. The van der Waals surface area contributed by atoms with Gasteiger partial charge in [0.25, 0.3) is 0 Å². The van der Waals surface area contributed by atoms with Gasteiger partial charge in [0.05, 0.1) is 16.5 Å². The van der Waals surface area contributed by atoms with Crippen molar-refractivity contribution in [3.8, 4) is 0 Å². The summed E-state index contributed by atoms with van der Waals surface area (Å²) in [6.45, 7) is 2.84. The van der Waals surface area contributed by atoms with E-state index in [-0.39, 0.29) is 5.75 Å². The molecular weight excluding hydrogens is 236 g/mol. The number of thioether (sulfide) groups is 1. The summed E-state index contributed by atoms with van der Waals surface area (Å²) in [6.07, 6.45) is 5.04.